The van der Waals surface area contributed by atoms with Crippen LogP contribution in [0.3, 0.4) is 0 Å². The fourth-order valence-corrected chi connectivity index (χ4v) is 3.82. The van der Waals surface area contributed by atoms with Crippen LogP contribution in [-0.2, 0) is 17.8 Å². The summed E-state index contributed by atoms with van der Waals surface area (Å²) in [5.74, 6) is -0.847. The number of amides is 1. The zero-order valence-corrected chi connectivity index (χ0v) is 14.5. The van der Waals surface area contributed by atoms with Crippen molar-refractivity contribution in [3.05, 3.63) is 47.0 Å². The van der Waals surface area contributed by atoms with Gasteiger partial charge >= 0.3 is 0 Å². The summed E-state index contributed by atoms with van der Waals surface area (Å²) in [6.45, 7) is 2.02. The van der Waals surface area contributed by atoms with E-state index in [1.807, 2.05) is 0 Å². The van der Waals surface area contributed by atoms with E-state index in [1.54, 1.807) is 4.57 Å². The summed E-state index contributed by atoms with van der Waals surface area (Å²) in [7, 11) is 0. The van der Waals surface area contributed by atoms with E-state index < -0.39 is 29.7 Å². The monoisotopic (exact) mass is 378 g/mol. The molecule has 10 heteroatoms. The number of fused-ring (bicyclic) bond motifs is 1. The second kappa shape index (κ2) is 6.95. The fraction of sp³-hybridized carbons (Fsp3) is 0.471. The maximum absolute atomic E-state index is 14.0. The maximum atomic E-state index is 14.0. The Morgan fingerprint density at radius 2 is 2.07 bits per heavy atom. The van der Waals surface area contributed by atoms with Crippen molar-refractivity contribution in [1.82, 2.24) is 19.7 Å². The number of nitrogens with two attached hydrogens (primary N) is 2. The number of ether oxygens (including phenoxy) is 1. The normalized spacial score (nSPS) is 26.0. The largest absolute Gasteiger partial charge is 0.370 e. The molecular formula is C17H20F2N6O2. The molecule has 4 rings (SSSR count). The number of carbonyl (C=O) groups excluding carboxylic acids is 1. The van der Waals surface area contributed by atoms with Crippen molar-refractivity contribution in [3.63, 3.8) is 0 Å². The SMILES string of the molecule is NC(=O)c1nnc2n1CCN([C@H]1CO[C@H](c3cc(F)ccc3F)[C@@H](N)C1)C2. The Balaban J connectivity index is 1.45. The van der Waals surface area contributed by atoms with Crippen LogP contribution >= 0.6 is 0 Å². The predicted molar refractivity (Wildman–Crippen MR) is 90.4 cm³/mol. The second-order valence-electron chi connectivity index (χ2n) is 6.90. The molecule has 0 radical (unpaired) electrons. The molecule has 0 bridgehead atoms. The van der Waals surface area contributed by atoms with Crippen LogP contribution in [0.1, 0.15) is 34.5 Å². The third-order valence-electron chi connectivity index (χ3n) is 5.19. The Bertz CT molecular complexity index is 873. The van der Waals surface area contributed by atoms with Gasteiger partial charge < -0.3 is 20.8 Å². The van der Waals surface area contributed by atoms with Crippen molar-refractivity contribution in [2.24, 2.45) is 11.5 Å². The summed E-state index contributed by atoms with van der Waals surface area (Å²) in [5.41, 5.74) is 11.7. The van der Waals surface area contributed by atoms with Crippen molar-refractivity contribution >= 4 is 5.91 Å². The summed E-state index contributed by atoms with van der Waals surface area (Å²) in [5, 5.41) is 7.87. The van der Waals surface area contributed by atoms with Gasteiger partial charge in [0.1, 0.15) is 23.6 Å². The number of nitrogens with zero attached hydrogens (tertiary/aromatic N) is 4. The molecule has 1 aromatic carbocycles. The first-order valence-electron chi connectivity index (χ1n) is 8.72. The van der Waals surface area contributed by atoms with Gasteiger partial charge in [-0.15, -0.1) is 10.2 Å². The molecule has 0 spiro atoms. The molecule has 0 aliphatic carbocycles. The van der Waals surface area contributed by atoms with E-state index in [-0.39, 0.29) is 17.4 Å². The Hall–Kier alpha value is -2.43. The van der Waals surface area contributed by atoms with Crippen molar-refractivity contribution < 1.29 is 18.3 Å². The Morgan fingerprint density at radius 3 is 2.81 bits per heavy atom. The molecule has 0 saturated carbocycles. The zero-order valence-electron chi connectivity index (χ0n) is 14.5. The van der Waals surface area contributed by atoms with Gasteiger partial charge in [0.05, 0.1) is 13.2 Å². The second-order valence-corrected chi connectivity index (χ2v) is 6.90. The van der Waals surface area contributed by atoms with Gasteiger partial charge in [0.15, 0.2) is 0 Å². The molecule has 2 aliphatic rings. The van der Waals surface area contributed by atoms with E-state index >= 15 is 0 Å². The highest BCUT2D eigenvalue weighted by Crippen LogP contribution is 2.32. The predicted octanol–water partition coefficient (Wildman–Crippen LogP) is 0.328. The number of rotatable bonds is 3. The molecule has 2 aromatic rings. The van der Waals surface area contributed by atoms with Crippen LogP contribution in [-0.4, -0.2) is 50.8 Å². The van der Waals surface area contributed by atoms with Crippen molar-refractivity contribution in [1.29, 1.82) is 0 Å². The lowest BCUT2D eigenvalue weighted by Crippen LogP contribution is -2.51. The van der Waals surface area contributed by atoms with Gasteiger partial charge in [-0.25, -0.2) is 8.78 Å². The van der Waals surface area contributed by atoms with E-state index in [4.69, 9.17) is 16.2 Å². The quantitative estimate of drug-likeness (QED) is 0.796. The van der Waals surface area contributed by atoms with Gasteiger partial charge in [-0.3, -0.25) is 9.69 Å². The van der Waals surface area contributed by atoms with Gasteiger partial charge in [-0.05, 0) is 24.6 Å². The number of benzene rings is 1. The molecular weight excluding hydrogens is 358 g/mol. The van der Waals surface area contributed by atoms with Gasteiger partial charge in [-0.2, -0.15) is 0 Å². The molecule has 144 valence electrons. The van der Waals surface area contributed by atoms with Crippen molar-refractivity contribution in [2.45, 2.75) is 37.7 Å². The molecule has 8 nitrogen and oxygen atoms in total. The van der Waals surface area contributed by atoms with Crippen LogP contribution in [0, 0.1) is 11.6 Å². The smallest absolute Gasteiger partial charge is 0.286 e. The van der Waals surface area contributed by atoms with Crippen molar-refractivity contribution in [2.75, 3.05) is 13.2 Å². The number of carbonyl (C=O) groups is 1. The molecule has 4 N–H and O–H groups in total. The standard InChI is InChI=1S/C17H20F2N6O2/c18-9-1-2-12(19)11(5-9)15-13(20)6-10(8-27-15)24-3-4-25-14(7-24)22-23-17(25)16(21)26/h1-2,5,10,13,15H,3-4,6-8,20H2,(H2,21,26)/t10-,13+,15-/m1/s1. The summed E-state index contributed by atoms with van der Waals surface area (Å²) >= 11 is 0. The van der Waals surface area contributed by atoms with Gasteiger partial charge in [0.25, 0.3) is 5.91 Å². The lowest BCUT2D eigenvalue weighted by molar-refractivity contribution is -0.0575. The minimum absolute atomic E-state index is 0.00958. The lowest BCUT2D eigenvalue weighted by Gasteiger charge is -2.41. The average Bonchev–Trinajstić information content (AvgIpc) is 3.07. The lowest BCUT2D eigenvalue weighted by atomic mass is 9.93. The molecule has 3 atom stereocenters. The highest BCUT2D eigenvalue weighted by atomic mass is 19.1. The highest BCUT2D eigenvalue weighted by Gasteiger charge is 2.36. The minimum atomic E-state index is -0.688. The molecule has 1 aromatic heterocycles. The number of hydrogen-bond donors (Lipinski definition) is 2. The molecule has 1 fully saturated rings. The first kappa shape index (κ1) is 18.0. The summed E-state index contributed by atoms with van der Waals surface area (Å²) in [6.07, 6.45) is -0.121. The molecule has 1 saturated heterocycles. The van der Waals surface area contributed by atoms with Crippen LogP contribution in [0.4, 0.5) is 8.78 Å². The van der Waals surface area contributed by atoms with Crippen LogP contribution in [0.2, 0.25) is 0 Å². The van der Waals surface area contributed by atoms with Crippen LogP contribution in [0.5, 0.6) is 0 Å². The van der Waals surface area contributed by atoms with Crippen LogP contribution < -0.4 is 11.5 Å². The van der Waals surface area contributed by atoms with E-state index in [2.05, 4.69) is 15.1 Å². The van der Waals surface area contributed by atoms with Crippen LogP contribution in [0.15, 0.2) is 18.2 Å². The first-order chi connectivity index (χ1) is 12.9. The molecule has 27 heavy (non-hydrogen) atoms. The Labute approximate surface area is 154 Å². The summed E-state index contributed by atoms with van der Waals surface area (Å²) < 4.78 is 35.1. The maximum Gasteiger partial charge on any atom is 0.286 e. The van der Waals surface area contributed by atoms with E-state index in [1.165, 1.54) is 0 Å². The average molecular weight is 378 g/mol. The first-order valence-corrected chi connectivity index (χ1v) is 8.72. The van der Waals surface area contributed by atoms with Gasteiger partial charge in [-0.1, -0.05) is 0 Å². The van der Waals surface area contributed by atoms with E-state index in [9.17, 15) is 13.6 Å². The number of halogens is 2. The number of hydrogen-bond acceptors (Lipinski definition) is 6. The van der Waals surface area contributed by atoms with Gasteiger partial charge in [0.2, 0.25) is 5.82 Å². The summed E-state index contributed by atoms with van der Waals surface area (Å²) in [6, 6.07) is 2.83. The molecule has 1 amide bonds. The molecule has 3 heterocycles. The Morgan fingerprint density at radius 1 is 1.26 bits per heavy atom. The van der Waals surface area contributed by atoms with Crippen molar-refractivity contribution in [3.8, 4) is 0 Å². The van der Waals surface area contributed by atoms with Crippen LogP contribution in [0.25, 0.3) is 0 Å². The minimum Gasteiger partial charge on any atom is -0.370 e. The summed E-state index contributed by atoms with van der Waals surface area (Å²) in [4.78, 5) is 13.5. The topological polar surface area (TPSA) is 112 Å². The highest BCUT2D eigenvalue weighted by molar-refractivity contribution is 5.89. The number of primary amides is 1. The molecule has 2 aliphatic heterocycles. The third-order valence-corrected chi connectivity index (χ3v) is 5.19. The Kier molecular flexibility index (Phi) is 4.62. The zero-order chi connectivity index (χ0) is 19.1. The number of aromatic nitrogens is 3. The van der Waals surface area contributed by atoms with E-state index in [0.717, 1.165) is 18.2 Å². The van der Waals surface area contributed by atoms with E-state index in [0.29, 0.717) is 38.5 Å². The third kappa shape index (κ3) is 3.31. The fourth-order valence-electron chi connectivity index (χ4n) is 3.82. The molecule has 0 unspecified atom stereocenters. The van der Waals surface area contributed by atoms with Gasteiger partial charge in [0, 0.05) is 30.7 Å².